The molecule has 1 N–H and O–H groups in total. The van der Waals surface area contributed by atoms with Crippen molar-refractivity contribution in [2.75, 3.05) is 0 Å². The van der Waals surface area contributed by atoms with Crippen LogP contribution in [0.15, 0.2) is 54.0 Å². The standard InChI is InChI=1S/C20H17ClN4OS/c1-13-8-17(20(26)22-10-14-4-2-5-15(21)9-14)18-11-23-25(19(18)24-13)12-16-6-3-7-27-16/h2-9,11H,10,12H2,1H3,(H,22,26). The van der Waals surface area contributed by atoms with Gasteiger partial charge in [-0.1, -0.05) is 29.8 Å². The smallest absolute Gasteiger partial charge is 0.252 e. The van der Waals surface area contributed by atoms with Crippen molar-refractivity contribution in [3.8, 4) is 0 Å². The van der Waals surface area contributed by atoms with Gasteiger partial charge in [0.2, 0.25) is 0 Å². The van der Waals surface area contributed by atoms with Gasteiger partial charge in [-0.3, -0.25) is 4.79 Å². The molecule has 4 rings (SSSR count). The summed E-state index contributed by atoms with van der Waals surface area (Å²) >= 11 is 7.68. The van der Waals surface area contributed by atoms with Gasteiger partial charge < -0.3 is 5.32 Å². The highest BCUT2D eigenvalue weighted by Crippen LogP contribution is 2.20. The minimum atomic E-state index is -0.152. The maximum atomic E-state index is 12.8. The van der Waals surface area contributed by atoms with Crippen LogP contribution in [0.1, 0.15) is 26.5 Å². The number of nitrogens with zero attached hydrogens (tertiary/aromatic N) is 3. The molecule has 0 unspecified atom stereocenters. The third kappa shape index (κ3) is 3.86. The number of benzene rings is 1. The second-order valence-corrected chi connectivity index (χ2v) is 7.71. The molecule has 27 heavy (non-hydrogen) atoms. The largest absolute Gasteiger partial charge is 0.348 e. The summed E-state index contributed by atoms with van der Waals surface area (Å²) in [6.07, 6.45) is 1.71. The van der Waals surface area contributed by atoms with Gasteiger partial charge in [0.05, 0.1) is 23.7 Å². The third-order valence-corrected chi connectivity index (χ3v) is 5.31. The lowest BCUT2D eigenvalue weighted by molar-refractivity contribution is 0.0952. The van der Waals surface area contributed by atoms with E-state index in [1.807, 2.05) is 47.3 Å². The van der Waals surface area contributed by atoms with E-state index >= 15 is 0 Å². The van der Waals surface area contributed by atoms with E-state index in [0.29, 0.717) is 23.7 Å². The Morgan fingerprint density at radius 1 is 1.26 bits per heavy atom. The van der Waals surface area contributed by atoms with E-state index in [2.05, 4.69) is 21.5 Å². The first kappa shape index (κ1) is 17.7. The molecule has 0 saturated carbocycles. The van der Waals surface area contributed by atoms with Crippen LogP contribution in [0.5, 0.6) is 0 Å². The van der Waals surface area contributed by atoms with Crippen molar-refractivity contribution in [3.63, 3.8) is 0 Å². The summed E-state index contributed by atoms with van der Waals surface area (Å²) in [5.41, 5.74) is 3.03. The molecule has 5 nitrogen and oxygen atoms in total. The van der Waals surface area contributed by atoms with Crippen molar-refractivity contribution in [2.45, 2.75) is 20.0 Å². The highest BCUT2D eigenvalue weighted by molar-refractivity contribution is 7.09. The number of carbonyl (C=O) groups excluding carboxylic acids is 1. The van der Waals surface area contributed by atoms with Gasteiger partial charge in [0.1, 0.15) is 0 Å². The second kappa shape index (κ2) is 7.50. The van der Waals surface area contributed by atoms with Crippen LogP contribution in [-0.2, 0) is 13.1 Å². The zero-order valence-corrected chi connectivity index (χ0v) is 16.2. The van der Waals surface area contributed by atoms with Crippen LogP contribution in [0, 0.1) is 6.92 Å². The van der Waals surface area contributed by atoms with Crippen molar-refractivity contribution in [3.05, 3.63) is 80.8 Å². The van der Waals surface area contributed by atoms with E-state index in [-0.39, 0.29) is 5.91 Å². The Hall–Kier alpha value is -2.70. The molecule has 7 heteroatoms. The highest BCUT2D eigenvalue weighted by Gasteiger charge is 2.16. The predicted octanol–water partition coefficient (Wildman–Crippen LogP) is 4.43. The van der Waals surface area contributed by atoms with E-state index in [4.69, 9.17) is 11.6 Å². The quantitative estimate of drug-likeness (QED) is 0.542. The molecule has 0 bridgehead atoms. The molecule has 0 aliphatic heterocycles. The van der Waals surface area contributed by atoms with E-state index in [1.165, 1.54) is 4.88 Å². The summed E-state index contributed by atoms with van der Waals surface area (Å²) in [6, 6.07) is 13.3. The van der Waals surface area contributed by atoms with Crippen molar-refractivity contribution in [2.24, 2.45) is 0 Å². The molecule has 0 fully saturated rings. The SMILES string of the molecule is Cc1cc(C(=O)NCc2cccc(Cl)c2)c2cnn(Cc3cccs3)c2n1. The Morgan fingerprint density at radius 3 is 2.93 bits per heavy atom. The summed E-state index contributed by atoms with van der Waals surface area (Å²) in [7, 11) is 0. The molecule has 0 radical (unpaired) electrons. The van der Waals surface area contributed by atoms with Crippen LogP contribution < -0.4 is 5.32 Å². The van der Waals surface area contributed by atoms with Gasteiger partial charge in [-0.05, 0) is 42.1 Å². The Balaban J connectivity index is 1.61. The van der Waals surface area contributed by atoms with E-state index in [9.17, 15) is 4.79 Å². The number of nitrogens with one attached hydrogen (secondary N) is 1. The van der Waals surface area contributed by atoms with Crippen molar-refractivity contribution in [1.29, 1.82) is 0 Å². The fourth-order valence-corrected chi connectivity index (χ4v) is 3.85. The summed E-state index contributed by atoms with van der Waals surface area (Å²) < 4.78 is 1.84. The maximum absolute atomic E-state index is 12.8. The van der Waals surface area contributed by atoms with Crippen molar-refractivity contribution in [1.82, 2.24) is 20.1 Å². The van der Waals surface area contributed by atoms with E-state index in [1.54, 1.807) is 23.6 Å². The lowest BCUT2D eigenvalue weighted by Crippen LogP contribution is -2.23. The molecule has 0 aliphatic carbocycles. The predicted molar refractivity (Wildman–Crippen MR) is 108 cm³/mol. The van der Waals surface area contributed by atoms with Gasteiger partial charge in [0, 0.05) is 22.1 Å². The lowest BCUT2D eigenvalue weighted by Gasteiger charge is -2.08. The monoisotopic (exact) mass is 396 g/mol. The Kier molecular flexibility index (Phi) is 4.92. The first-order chi connectivity index (χ1) is 13.1. The Labute approximate surface area is 165 Å². The zero-order valence-electron chi connectivity index (χ0n) is 14.6. The number of aryl methyl sites for hydroxylation is 1. The Bertz CT molecular complexity index is 1100. The minimum Gasteiger partial charge on any atom is -0.348 e. The van der Waals surface area contributed by atoms with Crippen LogP contribution in [0.4, 0.5) is 0 Å². The maximum Gasteiger partial charge on any atom is 0.252 e. The van der Waals surface area contributed by atoms with Crippen LogP contribution >= 0.6 is 22.9 Å². The molecule has 3 aromatic heterocycles. The highest BCUT2D eigenvalue weighted by atomic mass is 35.5. The average molecular weight is 397 g/mol. The van der Waals surface area contributed by atoms with E-state index < -0.39 is 0 Å². The van der Waals surface area contributed by atoms with Crippen molar-refractivity contribution >= 4 is 39.9 Å². The molecular weight excluding hydrogens is 380 g/mol. The summed E-state index contributed by atoms with van der Waals surface area (Å²) in [5, 5.41) is 10.8. The third-order valence-electron chi connectivity index (χ3n) is 4.21. The molecule has 1 amide bonds. The molecule has 0 atom stereocenters. The number of amides is 1. The number of rotatable bonds is 5. The zero-order chi connectivity index (χ0) is 18.8. The molecule has 0 aliphatic rings. The first-order valence-corrected chi connectivity index (χ1v) is 9.74. The van der Waals surface area contributed by atoms with Gasteiger partial charge in [-0.15, -0.1) is 11.3 Å². The normalized spacial score (nSPS) is 11.0. The fraction of sp³-hybridized carbons (Fsp3) is 0.150. The van der Waals surface area contributed by atoms with Crippen LogP contribution in [0.25, 0.3) is 11.0 Å². The molecule has 136 valence electrons. The number of hydrogen-bond acceptors (Lipinski definition) is 4. The van der Waals surface area contributed by atoms with E-state index in [0.717, 1.165) is 22.3 Å². The van der Waals surface area contributed by atoms with Gasteiger partial charge in [-0.25, -0.2) is 9.67 Å². The minimum absolute atomic E-state index is 0.152. The number of aromatic nitrogens is 3. The molecule has 4 aromatic rings. The number of pyridine rings is 1. The van der Waals surface area contributed by atoms with Crippen LogP contribution in [-0.4, -0.2) is 20.7 Å². The van der Waals surface area contributed by atoms with Gasteiger partial charge in [-0.2, -0.15) is 5.10 Å². The Morgan fingerprint density at radius 2 is 2.15 bits per heavy atom. The second-order valence-electron chi connectivity index (χ2n) is 6.24. The number of carbonyl (C=O) groups is 1. The summed E-state index contributed by atoms with van der Waals surface area (Å²) in [4.78, 5) is 18.6. The van der Waals surface area contributed by atoms with Gasteiger partial charge in [0.15, 0.2) is 5.65 Å². The molecule has 0 saturated heterocycles. The van der Waals surface area contributed by atoms with Gasteiger partial charge >= 0.3 is 0 Å². The number of halogens is 1. The summed E-state index contributed by atoms with van der Waals surface area (Å²) in [6.45, 7) is 2.93. The average Bonchev–Trinajstić information content (AvgIpc) is 3.30. The molecule has 1 aromatic carbocycles. The van der Waals surface area contributed by atoms with Crippen molar-refractivity contribution < 1.29 is 4.79 Å². The lowest BCUT2D eigenvalue weighted by atomic mass is 10.1. The van der Waals surface area contributed by atoms with Crippen LogP contribution in [0.2, 0.25) is 5.02 Å². The molecule has 3 heterocycles. The van der Waals surface area contributed by atoms with Crippen LogP contribution in [0.3, 0.4) is 0 Å². The van der Waals surface area contributed by atoms with Gasteiger partial charge in [0.25, 0.3) is 5.91 Å². The number of thiophene rings is 1. The molecular formula is C20H17ClN4OS. The summed E-state index contributed by atoms with van der Waals surface area (Å²) in [5.74, 6) is -0.152. The first-order valence-electron chi connectivity index (χ1n) is 8.48. The fourth-order valence-electron chi connectivity index (χ4n) is 2.95. The number of fused-ring (bicyclic) bond motifs is 1. The number of hydrogen-bond donors (Lipinski definition) is 1. The topological polar surface area (TPSA) is 59.8 Å². The molecule has 0 spiro atoms.